The second-order valence-corrected chi connectivity index (χ2v) is 12.8. The van der Waals surface area contributed by atoms with E-state index in [1.54, 1.807) is 0 Å². The smallest absolute Gasteiger partial charge is 0.193 e. The van der Waals surface area contributed by atoms with Gasteiger partial charge in [0.15, 0.2) is 8.32 Å². The van der Waals surface area contributed by atoms with E-state index in [2.05, 4.69) is 52.6 Å². The molecule has 0 unspecified atom stereocenters. The summed E-state index contributed by atoms with van der Waals surface area (Å²) in [6.07, 6.45) is 9.23. The Labute approximate surface area is 131 Å². The first kappa shape index (κ1) is 17.0. The largest absolute Gasteiger partial charge is 0.407 e. The molecule has 0 saturated heterocycles. The number of rotatable bonds is 4. The summed E-state index contributed by atoms with van der Waals surface area (Å²) >= 11 is 0. The average molecular weight is 309 g/mol. The quantitative estimate of drug-likeness (QED) is 0.532. The lowest BCUT2D eigenvalue weighted by Crippen LogP contribution is -2.55. The van der Waals surface area contributed by atoms with Crippen LogP contribution in [-0.2, 0) is 9.16 Å². The Hall–Kier alpha value is -0.383. The van der Waals surface area contributed by atoms with Crippen molar-refractivity contribution in [1.82, 2.24) is 0 Å². The maximum atomic E-state index is 7.04. The summed E-state index contributed by atoms with van der Waals surface area (Å²) in [4.78, 5) is 0. The van der Waals surface area contributed by atoms with E-state index in [1.165, 1.54) is 24.8 Å². The first-order valence-electron chi connectivity index (χ1n) is 8.33. The molecule has 0 aromatic heterocycles. The lowest BCUT2D eigenvalue weighted by molar-refractivity contribution is 0.00910. The molecule has 0 radical (unpaired) electrons. The molecule has 1 fully saturated rings. The summed E-state index contributed by atoms with van der Waals surface area (Å²) < 4.78 is 12.7. The van der Waals surface area contributed by atoms with E-state index in [0.29, 0.717) is 5.92 Å². The molecular weight excluding hydrogens is 276 g/mol. The molecule has 1 heterocycles. The summed E-state index contributed by atoms with van der Waals surface area (Å²) in [7, 11) is -1.83. The van der Waals surface area contributed by atoms with Crippen LogP contribution in [0.15, 0.2) is 24.3 Å². The van der Waals surface area contributed by atoms with Crippen molar-refractivity contribution >= 4 is 8.32 Å². The molecule has 3 heteroatoms. The summed E-state index contributed by atoms with van der Waals surface area (Å²) in [6.45, 7) is 17.3. The zero-order chi connectivity index (χ0) is 15.7. The van der Waals surface area contributed by atoms with E-state index in [0.717, 1.165) is 19.6 Å². The molecule has 1 aliphatic carbocycles. The lowest BCUT2D eigenvalue weighted by Gasteiger charge is -2.51. The molecule has 0 aromatic carbocycles. The van der Waals surface area contributed by atoms with Gasteiger partial charge in [0.2, 0.25) is 0 Å². The molecule has 2 atom stereocenters. The van der Waals surface area contributed by atoms with E-state index in [1.807, 2.05) is 0 Å². The van der Waals surface area contributed by atoms with Gasteiger partial charge >= 0.3 is 0 Å². The normalized spacial score (nSPS) is 31.1. The highest BCUT2D eigenvalue weighted by molar-refractivity contribution is 6.74. The standard InChI is InChI=1S/C18H32O2Si/c1-7-15-10-8-9-12-18(15,16-11-13-19-14-16)20-21(5,6)17(2,3)4/h7,11,15H,1,8-10,12-14H2,2-6H3/t15-,18-/m0/s1. The molecule has 1 saturated carbocycles. The maximum Gasteiger partial charge on any atom is 0.193 e. The third-order valence-corrected chi connectivity index (χ3v) is 10.2. The van der Waals surface area contributed by atoms with Crippen LogP contribution < -0.4 is 0 Å². The van der Waals surface area contributed by atoms with Crippen LogP contribution in [0.5, 0.6) is 0 Å². The van der Waals surface area contributed by atoms with Gasteiger partial charge in [-0.25, -0.2) is 0 Å². The first-order valence-corrected chi connectivity index (χ1v) is 11.2. The van der Waals surface area contributed by atoms with E-state index in [9.17, 15) is 0 Å². The molecule has 0 aromatic rings. The Balaban J connectivity index is 2.39. The molecule has 120 valence electrons. The van der Waals surface area contributed by atoms with E-state index in [4.69, 9.17) is 9.16 Å². The van der Waals surface area contributed by atoms with Gasteiger partial charge in [0.25, 0.3) is 0 Å². The van der Waals surface area contributed by atoms with Crippen LogP contribution in [0.1, 0.15) is 46.5 Å². The maximum absolute atomic E-state index is 7.04. The van der Waals surface area contributed by atoms with Crippen LogP contribution in [0.4, 0.5) is 0 Å². The van der Waals surface area contributed by atoms with Crippen LogP contribution >= 0.6 is 0 Å². The van der Waals surface area contributed by atoms with E-state index in [-0.39, 0.29) is 10.6 Å². The van der Waals surface area contributed by atoms with Gasteiger partial charge in [0, 0.05) is 5.92 Å². The average Bonchev–Trinajstić information content (AvgIpc) is 2.91. The molecule has 0 N–H and O–H groups in total. The van der Waals surface area contributed by atoms with Crippen molar-refractivity contribution in [2.45, 2.75) is 70.2 Å². The topological polar surface area (TPSA) is 18.5 Å². The van der Waals surface area contributed by atoms with Gasteiger partial charge in [-0.2, -0.15) is 0 Å². The fraction of sp³-hybridized carbons (Fsp3) is 0.778. The van der Waals surface area contributed by atoms with Crippen molar-refractivity contribution in [3.05, 3.63) is 24.3 Å². The molecule has 0 spiro atoms. The van der Waals surface area contributed by atoms with Crippen molar-refractivity contribution in [1.29, 1.82) is 0 Å². The van der Waals surface area contributed by atoms with Crippen molar-refractivity contribution in [3.8, 4) is 0 Å². The molecule has 1 aliphatic heterocycles. The molecule has 2 rings (SSSR count). The highest BCUT2D eigenvalue weighted by Gasteiger charge is 2.50. The Morgan fingerprint density at radius 3 is 2.62 bits per heavy atom. The third-order valence-electron chi connectivity index (χ3n) is 5.69. The molecule has 0 amide bonds. The van der Waals surface area contributed by atoms with Crippen molar-refractivity contribution in [2.24, 2.45) is 5.92 Å². The second kappa shape index (κ2) is 6.02. The summed E-state index contributed by atoms with van der Waals surface area (Å²) in [5.41, 5.74) is 1.22. The number of hydrogen-bond donors (Lipinski definition) is 0. The van der Waals surface area contributed by atoms with Crippen LogP contribution in [0.25, 0.3) is 0 Å². The molecular formula is C18H32O2Si. The van der Waals surface area contributed by atoms with Gasteiger partial charge in [0.05, 0.1) is 18.8 Å². The summed E-state index contributed by atoms with van der Waals surface area (Å²) in [5.74, 6) is 0.424. The lowest BCUT2D eigenvalue weighted by atomic mass is 9.71. The minimum Gasteiger partial charge on any atom is -0.407 e. The van der Waals surface area contributed by atoms with E-state index >= 15 is 0 Å². The first-order chi connectivity index (χ1) is 9.73. The highest BCUT2D eigenvalue weighted by Crippen LogP contribution is 2.49. The Kier molecular flexibility index (Phi) is 4.86. The van der Waals surface area contributed by atoms with Gasteiger partial charge in [0.1, 0.15) is 0 Å². The minimum atomic E-state index is -1.83. The van der Waals surface area contributed by atoms with Crippen LogP contribution in [0.3, 0.4) is 0 Å². The van der Waals surface area contributed by atoms with Crippen molar-refractivity contribution in [3.63, 3.8) is 0 Å². The Morgan fingerprint density at radius 2 is 2.10 bits per heavy atom. The van der Waals surface area contributed by atoms with Crippen molar-refractivity contribution in [2.75, 3.05) is 13.2 Å². The summed E-state index contributed by atoms with van der Waals surface area (Å²) in [5, 5.41) is 0.225. The van der Waals surface area contributed by atoms with Gasteiger partial charge in [-0.1, -0.05) is 45.8 Å². The number of hydrogen-bond acceptors (Lipinski definition) is 2. The fourth-order valence-corrected chi connectivity index (χ4v) is 4.96. The Morgan fingerprint density at radius 1 is 1.38 bits per heavy atom. The monoisotopic (exact) mass is 308 g/mol. The van der Waals surface area contributed by atoms with E-state index < -0.39 is 8.32 Å². The van der Waals surface area contributed by atoms with Crippen LogP contribution in [0.2, 0.25) is 18.1 Å². The van der Waals surface area contributed by atoms with Crippen molar-refractivity contribution < 1.29 is 9.16 Å². The zero-order valence-corrected chi connectivity index (χ0v) is 15.5. The fourth-order valence-electron chi connectivity index (χ4n) is 3.36. The SMILES string of the molecule is C=C[C@H]1CCCC[C@@]1(O[Si](C)(C)C(C)(C)C)C1=CCOC1. The highest BCUT2D eigenvalue weighted by atomic mass is 28.4. The Bertz CT molecular complexity index is 419. The van der Waals surface area contributed by atoms with Gasteiger partial charge in [-0.05, 0) is 36.5 Å². The second-order valence-electron chi connectivity index (χ2n) is 8.08. The van der Waals surface area contributed by atoms with Crippen LogP contribution in [-0.4, -0.2) is 27.1 Å². The number of ether oxygens (including phenoxy) is 1. The zero-order valence-electron chi connectivity index (χ0n) is 14.5. The molecule has 2 nitrogen and oxygen atoms in total. The van der Waals surface area contributed by atoms with Gasteiger partial charge < -0.3 is 9.16 Å². The third kappa shape index (κ3) is 3.20. The molecule has 0 bridgehead atoms. The van der Waals surface area contributed by atoms with Crippen LogP contribution in [0, 0.1) is 5.92 Å². The molecule has 2 aliphatic rings. The van der Waals surface area contributed by atoms with Gasteiger partial charge in [-0.15, -0.1) is 6.58 Å². The van der Waals surface area contributed by atoms with Gasteiger partial charge in [-0.3, -0.25) is 0 Å². The minimum absolute atomic E-state index is 0.153. The summed E-state index contributed by atoms with van der Waals surface area (Å²) in [6, 6.07) is 0. The predicted octanol–water partition coefficient (Wildman–Crippen LogP) is 5.08. The molecule has 21 heavy (non-hydrogen) atoms. The predicted molar refractivity (Wildman–Crippen MR) is 92.1 cm³/mol.